The fourth-order valence-corrected chi connectivity index (χ4v) is 4.03. The zero-order valence-electron chi connectivity index (χ0n) is 16.5. The first-order chi connectivity index (χ1) is 13.4. The second-order valence-electron chi connectivity index (χ2n) is 7.41. The van der Waals surface area contributed by atoms with Gasteiger partial charge in [-0.1, -0.05) is 25.8 Å². The Morgan fingerprint density at radius 2 is 2.00 bits per heavy atom. The zero-order valence-corrected chi connectivity index (χ0v) is 16.5. The van der Waals surface area contributed by atoms with Crippen molar-refractivity contribution in [3.63, 3.8) is 0 Å². The summed E-state index contributed by atoms with van der Waals surface area (Å²) in [6, 6.07) is 4.85. The van der Waals surface area contributed by atoms with Gasteiger partial charge in [-0.2, -0.15) is 0 Å². The molecule has 2 aliphatic rings. The molecule has 8 nitrogen and oxygen atoms in total. The Hall–Kier alpha value is -2.77. The molecule has 0 aromatic heterocycles. The van der Waals surface area contributed by atoms with Crippen molar-refractivity contribution >= 4 is 17.8 Å². The number of ether oxygens (including phenoxy) is 2. The van der Waals surface area contributed by atoms with Gasteiger partial charge in [-0.25, -0.2) is 4.79 Å². The van der Waals surface area contributed by atoms with Crippen LogP contribution in [0.15, 0.2) is 18.2 Å². The highest BCUT2D eigenvalue weighted by atomic mass is 16.5. The maximum atomic E-state index is 12.9. The van der Waals surface area contributed by atoms with Crippen LogP contribution < -0.4 is 20.1 Å². The van der Waals surface area contributed by atoms with Gasteiger partial charge in [-0.05, 0) is 36.5 Å². The average molecular weight is 389 g/mol. The number of imide groups is 1. The number of carbonyl (C=O) groups excluding carboxylic acids is 3. The van der Waals surface area contributed by atoms with Gasteiger partial charge < -0.3 is 20.1 Å². The van der Waals surface area contributed by atoms with Gasteiger partial charge in [-0.3, -0.25) is 14.5 Å². The molecule has 0 bridgehead atoms. The minimum atomic E-state index is -0.848. The molecular weight excluding hydrogens is 362 g/mol. The number of urea groups is 1. The number of carbonyl (C=O) groups is 3. The average Bonchev–Trinajstić information content (AvgIpc) is 2.93. The van der Waals surface area contributed by atoms with Crippen LogP contribution in [0, 0.1) is 5.92 Å². The summed E-state index contributed by atoms with van der Waals surface area (Å²) in [7, 11) is 3.09. The van der Waals surface area contributed by atoms with Gasteiger partial charge >= 0.3 is 6.03 Å². The lowest BCUT2D eigenvalue weighted by Crippen LogP contribution is -2.54. The van der Waals surface area contributed by atoms with Crippen molar-refractivity contribution in [1.82, 2.24) is 15.5 Å². The molecule has 1 aromatic carbocycles. The van der Waals surface area contributed by atoms with Gasteiger partial charge in [0.2, 0.25) is 5.91 Å². The van der Waals surface area contributed by atoms with E-state index >= 15 is 0 Å². The molecule has 1 heterocycles. The highest BCUT2D eigenvalue weighted by Gasteiger charge is 2.55. The largest absolute Gasteiger partial charge is 0.493 e. The third kappa shape index (κ3) is 3.63. The lowest BCUT2D eigenvalue weighted by atomic mass is 9.73. The van der Waals surface area contributed by atoms with Crippen LogP contribution in [0.1, 0.15) is 38.2 Å². The second-order valence-corrected chi connectivity index (χ2v) is 7.41. The highest BCUT2D eigenvalue weighted by molar-refractivity contribution is 6.09. The molecule has 2 atom stereocenters. The second kappa shape index (κ2) is 8.08. The Labute approximate surface area is 164 Å². The number of benzene rings is 1. The molecule has 1 saturated carbocycles. The van der Waals surface area contributed by atoms with Gasteiger partial charge in [0, 0.05) is 6.54 Å². The van der Waals surface area contributed by atoms with E-state index in [4.69, 9.17) is 9.47 Å². The third-order valence-corrected chi connectivity index (χ3v) is 5.74. The van der Waals surface area contributed by atoms with Crippen LogP contribution in [0.5, 0.6) is 11.5 Å². The molecule has 8 heteroatoms. The van der Waals surface area contributed by atoms with Crippen molar-refractivity contribution in [3.8, 4) is 11.5 Å². The number of hydrogen-bond donors (Lipinski definition) is 2. The van der Waals surface area contributed by atoms with E-state index in [0.29, 0.717) is 17.9 Å². The van der Waals surface area contributed by atoms with E-state index in [1.165, 1.54) is 0 Å². The molecule has 1 spiro atoms. The van der Waals surface area contributed by atoms with Crippen molar-refractivity contribution in [2.75, 3.05) is 20.8 Å². The van der Waals surface area contributed by atoms with Crippen LogP contribution in [0.4, 0.5) is 4.79 Å². The Balaban J connectivity index is 1.60. The fourth-order valence-electron chi connectivity index (χ4n) is 4.03. The van der Waals surface area contributed by atoms with Crippen molar-refractivity contribution in [1.29, 1.82) is 0 Å². The van der Waals surface area contributed by atoms with Crippen molar-refractivity contribution in [3.05, 3.63) is 23.8 Å². The molecule has 2 fully saturated rings. The van der Waals surface area contributed by atoms with Crippen LogP contribution in [-0.2, 0) is 16.1 Å². The monoisotopic (exact) mass is 389 g/mol. The van der Waals surface area contributed by atoms with Crippen LogP contribution >= 0.6 is 0 Å². The van der Waals surface area contributed by atoms with Crippen molar-refractivity contribution in [2.45, 2.75) is 44.7 Å². The fraction of sp³-hybridized carbons (Fsp3) is 0.550. The number of nitrogens with zero attached hydrogens (tertiary/aromatic N) is 1. The van der Waals surface area contributed by atoms with Gasteiger partial charge in [0.15, 0.2) is 11.5 Å². The van der Waals surface area contributed by atoms with Crippen LogP contribution in [-0.4, -0.2) is 49.0 Å². The number of rotatable bonds is 6. The molecule has 1 aromatic rings. The number of nitrogens with one attached hydrogen (secondary N) is 2. The summed E-state index contributed by atoms with van der Waals surface area (Å²) in [5.41, 5.74) is -0.0283. The summed E-state index contributed by atoms with van der Waals surface area (Å²) in [5, 5.41) is 5.60. The number of hydrogen-bond acceptors (Lipinski definition) is 5. The predicted molar refractivity (Wildman–Crippen MR) is 102 cm³/mol. The lowest BCUT2D eigenvalue weighted by molar-refractivity contribution is -0.137. The Kier molecular flexibility index (Phi) is 5.76. The van der Waals surface area contributed by atoms with Crippen molar-refractivity contribution < 1.29 is 23.9 Å². The SMILES string of the molecule is COc1ccc(CNC(=O)CN2C(=O)N[C@@]3(CCCC[C@@H]3C)C2=O)cc1OC. The molecule has 1 saturated heterocycles. The zero-order chi connectivity index (χ0) is 20.3. The summed E-state index contributed by atoms with van der Waals surface area (Å²) in [6.45, 7) is 1.95. The predicted octanol–water partition coefficient (Wildman–Crippen LogP) is 1.82. The van der Waals surface area contributed by atoms with Crippen LogP contribution in [0.2, 0.25) is 0 Å². The smallest absolute Gasteiger partial charge is 0.325 e. The Bertz CT molecular complexity index is 781. The van der Waals surface area contributed by atoms with Gasteiger partial charge in [0.05, 0.1) is 14.2 Å². The quantitative estimate of drug-likeness (QED) is 0.724. The first-order valence-corrected chi connectivity index (χ1v) is 9.53. The summed E-state index contributed by atoms with van der Waals surface area (Å²) < 4.78 is 10.4. The highest BCUT2D eigenvalue weighted by Crippen LogP contribution is 2.38. The molecule has 3 rings (SSSR count). The number of amides is 4. The van der Waals surface area contributed by atoms with E-state index in [1.54, 1.807) is 26.4 Å². The maximum Gasteiger partial charge on any atom is 0.325 e. The first kappa shape index (κ1) is 20.0. The van der Waals surface area contributed by atoms with Crippen LogP contribution in [0.3, 0.4) is 0 Å². The van der Waals surface area contributed by atoms with Gasteiger partial charge in [0.25, 0.3) is 5.91 Å². The van der Waals surface area contributed by atoms with E-state index in [2.05, 4.69) is 10.6 Å². The molecule has 0 unspecified atom stereocenters. The molecule has 152 valence electrons. The standard InChI is InChI=1S/C20H27N3O5/c1-13-6-4-5-9-20(13)18(25)23(19(26)22-20)12-17(24)21-11-14-7-8-15(27-2)16(10-14)28-3/h7-8,10,13H,4-6,9,11-12H2,1-3H3,(H,21,24)(H,22,26)/t13-,20+/m0/s1. The van der Waals surface area contributed by atoms with Crippen molar-refractivity contribution in [2.24, 2.45) is 5.92 Å². The van der Waals surface area contributed by atoms with E-state index < -0.39 is 17.5 Å². The maximum absolute atomic E-state index is 12.9. The van der Waals surface area contributed by atoms with Gasteiger partial charge in [-0.15, -0.1) is 0 Å². The van der Waals surface area contributed by atoms with E-state index in [9.17, 15) is 14.4 Å². The van der Waals surface area contributed by atoms with Gasteiger partial charge in [0.1, 0.15) is 12.1 Å². The summed E-state index contributed by atoms with van der Waals surface area (Å²) in [5.74, 6) is 0.558. The van der Waals surface area contributed by atoms with E-state index in [1.807, 2.05) is 13.0 Å². The normalized spacial score (nSPS) is 24.2. The molecule has 28 heavy (non-hydrogen) atoms. The molecule has 1 aliphatic carbocycles. The van der Waals surface area contributed by atoms with E-state index in [0.717, 1.165) is 29.7 Å². The topological polar surface area (TPSA) is 97.0 Å². The summed E-state index contributed by atoms with van der Waals surface area (Å²) >= 11 is 0. The molecule has 2 N–H and O–H groups in total. The summed E-state index contributed by atoms with van der Waals surface area (Å²) in [4.78, 5) is 38.6. The molecule has 0 radical (unpaired) electrons. The minimum absolute atomic E-state index is 0.0672. The Morgan fingerprint density at radius 3 is 2.68 bits per heavy atom. The molecule has 1 aliphatic heterocycles. The summed E-state index contributed by atoms with van der Waals surface area (Å²) in [6.07, 6.45) is 3.47. The lowest BCUT2D eigenvalue weighted by Gasteiger charge is -2.36. The molecular formula is C20H27N3O5. The van der Waals surface area contributed by atoms with E-state index in [-0.39, 0.29) is 24.9 Å². The third-order valence-electron chi connectivity index (χ3n) is 5.74. The first-order valence-electron chi connectivity index (χ1n) is 9.53. The number of methoxy groups -OCH3 is 2. The Morgan fingerprint density at radius 1 is 1.25 bits per heavy atom. The minimum Gasteiger partial charge on any atom is -0.493 e. The van der Waals surface area contributed by atoms with Crippen LogP contribution in [0.25, 0.3) is 0 Å². The molecule has 4 amide bonds.